The Morgan fingerprint density at radius 2 is 1.86 bits per heavy atom. The molecule has 0 radical (unpaired) electrons. The van der Waals surface area contributed by atoms with Gasteiger partial charge in [-0.2, -0.15) is 0 Å². The molecule has 1 aliphatic heterocycles. The lowest BCUT2D eigenvalue weighted by molar-refractivity contribution is 0.241. The summed E-state index contributed by atoms with van der Waals surface area (Å²) in [7, 11) is -3.09. The van der Waals surface area contributed by atoms with E-state index >= 15 is 0 Å². The minimum Gasteiger partial charge on any atom is -0.494 e. The molecule has 0 bridgehead atoms. The Bertz CT molecular complexity index is 563. The van der Waals surface area contributed by atoms with Gasteiger partial charge in [-0.05, 0) is 43.7 Å². The van der Waals surface area contributed by atoms with Crippen LogP contribution in [-0.2, 0) is 10.0 Å². The van der Waals surface area contributed by atoms with Crippen molar-refractivity contribution >= 4 is 10.0 Å². The van der Waals surface area contributed by atoms with Gasteiger partial charge in [0.2, 0.25) is 10.0 Å². The standard InChI is InChI=1S/C15H23FN2O3S/c1-22(19,20)18-10-2-8-17(11-12-18)9-3-13-21-15-6-4-14(16)5-7-15/h4-7H,2-3,8-13H2,1H3. The number of ether oxygens (including phenoxy) is 1. The third kappa shape index (κ3) is 5.55. The van der Waals surface area contributed by atoms with E-state index in [1.54, 1.807) is 16.4 Å². The van der Waals surface area contributed by atoms with Crippen LogP contribution in [0.1, 0.15) is 12.8 Å². The molecule has 1 fully saturated rings. The zero-order valence-corrected chi connectivity index (χ0v) is 13.7. The van der Waals surface area contributed by atoms with Crippen LogP contribution in [0.2, 0.25) is 0 Å². The first kappa shape index (κ1) is 17.2. The Morgan fingerprint density at radius 1 is 1.14 bits per heavy atom. The second kappa shape index (κ2) is 7.89. The van der Waals surface area contributed by atoms with Gasteiger partial charge in [-0.25, -0.2) is 17.1 Å². The van der Waals surface area contributed by atoms with Crippen LogP contribution in [0.25, 0.3) is 0 Å². The SMILES string of the molecule is CS(=O)(=O)N1CCCN(CCCOc2ccc(F)cc2)CC1. The first-order valence-corrected chi connectivity index (χ1v) is 9.36. The molecule has 1 saturated heterocycles. The number of benzene rings is 1. The first-order chi connectivity index (χ1) is 10.4. The molecule has 1 aliphatic rings. The summed E-state index contributed by atoms with van der Waals surface area (Å²) in [5, 5.41) is 0. The van der Waals surface area contributed by atoms with E-state index in [0.29, 0.717) is 25.4 Å². The molecule has 0 saturated carbocycles. The lowest BCUT2D eigenvalue weighted by Gasteiger charge is -2.20. The Kier molecular flexibility index (Phi) is 6.16. The Morgan fingerprint density at radius 3 is 2.55 bits per heavy atom. The summed E-state index contributed by atoms with van der Waals surface area (Å²) >= 11 is 0. The van der Waals surface area contributed by atoms with Gasteiger partial charge < -0.3 is 9.64 Å². The molecule has 1 aromatic rings. The summed E-state index contributed by atoms with van der Waals surface area (Å²) in [5.41, 5.74) is 0. The summed E-state index contributed by atoms with van der Waals surface area (Å²) in [6.45, 7) is 4.25. The van der Waals surface area contributed by atoms with Gasteiger partial charge in [0.1, 0.15) is 11.6 Å². The fourth-order valence-electron chi connectivity index (χ4n) is 2.51. The summed E-state index contributed by atoms with van der Waals surface area (Å²) in [6.07, 6.45) is 2.97. The van der Waals surface area contributed by atoms with Gasteiger partial charge in [-0.3, -0.25) is 0 Å². The minimum absolute atomic E-state index is 0.271. The van der Waals surface area contributed by atoms with E-state index in [-0.39, 0.29) is 5.82 Å². The molecule has 0 aliphatic carbocycles. The topological polar surface area (TPSA) is 49.9 Å². The van der Waals surface area contributed by atoms with Crippen molar-refractivity contribution < 1.29 is 17.5 Å². The summed E-state index contributed by atoms with van der Waals surface area (Å²) in [4.78, 5) is 2.26. The molecule has 0 unspecified atom stereocenters. The number of nitrogens with zero attached hydrogens (tertiary/aromatic N) is 2. The van der Waals surface area contributed by atoms with E-state index < -0.39 is 10.0 Å². The quantitative estimate of drug-likeness (QED) is 0.743. The number of rotatable bonds is 6. The van der Waals surface area contributed by atoms with E-state index in [9.17, 15) is 12.8 Å². The van der Waals surface area contributed by atoms with Crippen molar-refractivity contribution in [3.8, 4) is 5.75 Å². The Labute approximate surface area is 131 Å². The Balaban J connectivity index is 1.68. The third-order valence-electron chi connectivity index (χ3n) is 3.72. The molecule has 2 rings (SSSR count). The van der Waals surface area contributed by atoms with Gasteiger partial charge in [0.25, 0.3) is 0 Å². The van der Waals surface area contributed by atoms with E-state index in [1.807, 2.05) is 0 Å². The van der Waals surface area contributed by atoms with Crippen molar-refractivity contribution in [2.24, 2.45) is 0 Å². The van der Waals surface area contributed by atoms with Crippen LogP contribution >= 0.6 is 0 Å². The highest BCUT2D eigenvalue weighted by atomic mass is 32.2. The molecule has 7 heteroatoms. The molecule has 0 N–H and O–H groups in total. The van der Waals surface area contributed by atoms with Crippen LogP contribution in [0.15, 0.2) is 24.3 Å². The van der Waals surface area contributed by atoms with E-state index in [2.05, 4.69) is 4.90 Å². The van der Waals surface area contributed by atoms with Crippen LogP contribution in [0.5, 0.6) is 5.75 Å². The molecule has 0 atom stereocenters. The van der Waals surface area contributed by atoms with E-state index in [1.165, 1.54) is 18.4 Å². The maximum absolute atomic E-state index is 12.8. The second-order valence-corrected chi connectivity index (χ2v) is 7.50. The number of sulfonamides is 1. The molecule has 1 aromatic carbocycles. The molecular formula is C15H23FN2O3S. The average molecular weight is 330 g/mol. The van der Waals surface area contributed by atoms with Crippen molar-refractivity contribution in [1.29, 1.82) is 0 Å². The zero-order valence-electron chi connectivity index (χ0n) is 12.9. The van der Waals surface area contributed by atoms with Crippen LogP contribution in [0, 0.1) is 5.82 Å². The molecule has 5 nitrogen and oxygen atoms in total. The molecule has 0 aromatic heterocycles. The summed E-state index contributed by atoms with van der Waals surface area (Å²) < 4.78 is 43.0. The lowest BCUT2D eigenvalue weighted by atomic mass is 10.3. The van der Waals surface area contributed by atoms with E-state index in [0.717, 1.165) is 32.5 Å². The average Bonchev–Trinajstić information content (AvgIpc) is 2.71. The highest BCUT2D eigenvalue weighted by Gasteiger charge is 2.20. The maximum Gasteiger partial charge on any atom is 0.211 e. The molecule has 0 amide bonds. The number of hydrogen-bond acceptors (Lipinski definition) is 4. The fraction of sp³-hybridized carbons (Fsp3) is 0.600. The van der Waals surface area contributed by atoms with Crippen LogP contribution < -0.4 is 4.74 Å². The lowest BCUT2D eigenvalue weighted by Crippen LogP contribution is -2.34. The van der Waals surface area contributed by atoms with Gasteiger partial charge in [0.05, 0.1) is 12.9 Å². The van der Waals surface area contributed by atoms with Crippen molar-refractivity contribution in [2.45, 2.75) is 12.8 Å². The molecule has 22 heavy (non-hydrogen) atoms. The summed E-state index contributed by atoms with van der Waals surface area (Å²) in [5.74, 6) is 0.396. The second-order valence-electron chi connectivity index (χ2n) is 5.51. The monoisotopic (exact) mass is 330 g/mol. The predicted molar refractivity (Wildman–Crippen MR) is 84.0 cm³/mol. The van der Waals surface area contributed by atoms with Crippen LogP contribution in [-0.4, -0.2) is 63.2 Å². The van der Waals surface area contributed by atoms with Crippen LogP contribution in [0.3, 0.4) is 0 Å². The first-order valence-electron chi connectivity index (χ1n) is 7.51. The third-order valence-corrected chi connectivity index (χ3v) is 5.02. The normalized spacial score (nSPS) is 18.1. The minimum atomic E-state index is -3.09. The largest absolute Gasteiger partial charge is 0.494 e. The van der Waals surface area contributed by atoms with Gasteiger partial charge in [-0.15, -0.1) is 0 Å². The van der Waals surface area contributed by atoms with Crippen molar-refractivity contribution in [2.75, 3.05) is 45.6 Å². The number of hydrogen-bond donors (Lipinski definition) is 0. The molecule has 0 spiro atoms. The molecule has 1 heterocycles. The van der Waals surface area contributed by atoms with Gasteiger partial charge in [0, 0.05) is 26.2 Å². The molecule has 124 valence electrons. The highest BCUT2D eigenvalue weighted by Crippen LogP contribution is 2.12. The Hall–Kier alpha value is -1.18. The van der Waals surface area contributed by atoms with Gasteiger partial charge in [-0.1, -0.05) is 0 Å². The van der Waals surface area contributed by atoms with Crippen molar-refractivity contribution in [3.63, 3.8) is 0 Å². The fourth-order valence-corrected chi connectivity index (χ4v) is 3.39. The van der Waals surface area contributed by atoms with Crippen LogP contribution in [0.4, 0.5) is 4.39 Å². The summed E-state index contributed by atoms with van der Waals surface area (Å²) in [6, 6.07) is 5.99. The highest BCUT2D eigenvalue weighted by molar-refractivity contribution is 7.88. The van der Waals surface area contributed by atoms with Crippen molar-refractivity contribution in [1.82, 2.24) is 9.21 Å². The van der Waals surface area contributed by atoms with E-state index in [4.69, 9.17) is 4.74 Å². The van der Waals surface area contributed by atoms with Gasteiger partial charge in [0.15, 0.2) is 0 Å². The predicted octanol–water partition coefficient (Wildman–Crippen LogP) is 1.56. The van der Waals surface area contributed by atoms with Crippen molar-refractivity contribution in [3.05, 3.63) is 30.1 Å². The van der Waals surface area contributed by atoms with Gasteiger partial charge >= 0.3 is 0 Å². The molecular weight excluding hydrogens is 307 g/mol. The number of halogens is 1. The zero-order chi connectivity index (χ0) is 16.0. The maximum atomic E-state index is 12.8. The smallest absolute Gasteiger partial charge is 0.211 e.